The average Bonchev–Trinajstić information content (AvgIpc) is 2.47. The van der Waals surface area contributed by atoms with Crippen molar-refractivity contribution in [2.24, 2.45) is 4.99 Å². The summed E-state index contributed by atoms with van der Waals surface area (Å²) in [7, 11) is 0. The molecule has 0 aliphatic carbocycles. The molecule has 84 valence electrons. The molecule has 0 bridgehead atoms. The monoisotopic (exact) mass is 212 g/mol. The van der Waals surface area contributed by atoms with Gasteiger partial charge in [-0.15, -0.1) is 6.58 Å². The predicted octanol–water partition coefficient (Wildman–Crippen LogP) is 0.458. The predicted molar refractivity (Wildman–Crippen MR) is 56.7 cm³/mol. The molecule has 0 saturated heterocycles. The number of aliphatic imine (C=N–C) groups is 1. The Kier molecular flexibility index (Phi) is 3.85. The van der Waals surface area contributed by atoms with E-state index in [2.05, 4.69) is 11.6 Å². The molecule has 0 amide bonds. The van der Waals surface area contributed by atoms with E-state index in [0.717, 1.165) is 0 Å². The molecule has 1 aliphatic heterocycles. The molecule has 0 fully saturated rings. The Morgan fingerprint density at radius 2 is 2.53 bits per heavy atom. The third-order valence-corrected chi connectivity index (χ3v) is 2.27. The van der Waals surface area contributed by atoms with E-state index in [-0.39, 0.29) is 12.5 Å². The number of aliphatic carboxylic acids is 1. The largest absolute Gasteiger partial charge is 0.481 e. The van der Waals surface area contributed by atoms with Crippen LogP contribution in [0.3, 0.4) is 0 Å². The molecule has 0 aromatic carbocycles. The van der Waals surface area contributed by atoms with Crippen molar-refractivity contribution in [1.29, 1.82) is 0 Å². The maximum absolute atomic E-state index is 10.6. The van der Waals surface area contributed by atoms with E-state index in [1.807, 2.05) is 0 Å². The van der Waals surface area contributed by atoms with Crippen LogP contribution in [0.4, 0.5) is 0 Å². The molecule has 0 saturated carbocycles. The van der Waals surface area contributed by atoms with Gasteiger partial charge in [-0.25, -0.2) is 0 Å². The zero-order valence-electron chi connectivity index (χ0n) is 8.76. The van der Waals surface area contributed by atoms with Gasteiger partial charge in [0.25, 0.3) is 0 Å². The second kappa shape index (κ2) is 4.93. The fourth-order valence-corrected chi connectivity index (χ4v) is 1.63. The number of carboxylic acid groups (broad SMARTS) is 1. The van der Waals surface area contributed by atoms with Gasteiger partial charge in [-0.2, -0.15) is 0 Å². The van der Waals surface area contributed by atoms with Gasteiger partial charge in [0.2, 0.25) is 0 Å². The van der Waals surface area contributed by atoms with Crippen molar-refractivity contribution in [2.45, 2.75) is 32.0 Å². The van der Waals surface area contributed by atoms with Crippen LogP contribution in [-0.2, 0) is 4.79 Å². The number of aliphatic hydroxyl groups is 1. The van der Waals surface area contributed by atoms with Crippen molar-refractivity contribution >= 4 is 11.8 Å². The summed E-state index contributed by atoms with van der Waals surface area (Å²) in [6, 6.07) is 0.0199. The van der Waals surface area contributed by atoms with E-state index in [1.54, 1.807) is 17.9 Å². The molecule has 0 radical (unpaired) electrons. The zero-order chi connectivity index (χ0) is 11.4. The van der Waals surface area contributed by atoms with Crippen molar-refractivity contribution < 1.29 is 15.0 Å². The fraction of sp³-hybridized carbons (Fsp3) is 0.600. The number of amidine groups is 1. The van der Waals surface area contributed by atoms with Gasteiger partial charge < -0.3 is 15.1 Å². The lowest BCUT2D eigenvalue weighted by molar-refractivity contribution is -0.135. The Hall–Kier alpha value is -1.36. The van der Waals surface area contributed by atoms with Gasteiger partial charge >= 0.3 is 5.97 Å². The molecule has 1 heterocycles. The minimum atomic E-state index is -0.932. The number of hydrogen-bond acceptors (Lipinski definition) is 4. The highest BCUT2D eigenvalue weighted by Gasteiger charge is 2.28. The smallest absolute Gasteiger partial charge is 0.310 e. The van der Waals surface area contributed by atoms with Crippen LogP contribution in [0.1, 0.15) is 19.8 Å². The summed E-state index contributed by atoms with van der Waals surface area (Å²) in [5.41, 5.74) is 0. The molecule has 15 heavy (non-hydrogen) atoms. The van der Waals surface area contributed by atoms with Crippen LogP contribution in [0, 0.1) is 0 Å². The zero-order valence-corrected chi connectivity index (χ0v) is 8.76. The van der Waals surface area contributed by atoms with Crippen LogP contribution < -0.4 is 0 Å². The maximum atomic E-state index is 10.6. The van der Waals surface area contributed by atoms with Gasteiger partial charge in [0.1, 0.15) is 18.5 Å². The molecule has 0 spiro atoms. The average molecular weight is 212 g/mol. The molecular formula is C10H16N2O3. The van der Waals surface area contributed by atoms with Crippen LogP contribution >= 0.6 is 0 Å². The number of aliphatic hydroxyl groups excluding tert-OH is 1. The number of hydrogen-bond donors (Lipinski definition) is 2. The summed E-state index contributed by atoms with van der Waals surface area (Å²) >= 11 is 0. The summed E-state index contributed by atoms with van der Waals surface area (Å²) in [4.78, 5) is 16.4. The number of carboxylic acids is 1. The molecule has 5 heteroatoms. The lowest BCUT2D eigenvalue weighted by atomic mass is 10.2. The van der Waals surface area contributed by atoms with Crippen LogP contribution in [0.2, 0.25) is 0 Å². The van der Waals surface area contributed by atoms with Crippen molar-refractivity contribution in [1.82, 2.24) is 4.90 Å². The SMILES string of the molecule is C=CCC1CN(C(C)O)C(CC(=O)O)=N1. The van der Waals surface area contributed by atoms with E-state index in [4.69, 9.17) is 5.11 Å². The Balaban J connectivity index is 2.71. The lowest BCUT2D eigenvalue weighted by Gasteiger charge is -2.23. The quantitative estimate of drug-likeness (QED) is 0.649. The second-order valence-corrected chi connectivity index (χ2v) is 3.58. The normalized spacial score (nSPS) is 22.4. The lowest BCUT2D eigenvalue weighted by Crippen LogP contribution is -2.37. The van der Waals surface area contributed by atoms with Crippen molar-refractivity contribution in [3.8, 4) is 0 Å². The highest BCUT2D eigenvalue weighted by Crippen LogP contribution is 2.16. The van der Waals surface area contributed by atoms with Gasteiger partial charge in [0.15, 0.2) is 0 Å². The number of rotatable bonds is 5. The summed E-state index contributed by atoms with van der Waals surface area (Å²) in [5.74, 6) is -0.483. The minimum Gasteiger partial charge on any atom is -0.481 e. The van der Waals surface area contributed by atoms with Crippen LogP contribution in [-0.4, -0.2) is 45.7 Å². The Morgan fingerprint density at radius 3 is 3.00 bits per heavy atom. The van der Waals surface area contributed by atoms with E-state index in [9.17, 15) is 9.90 Å². The third-order valence-electron chi connectivity index (χ3n) is 2.27. The fourth-order valence-electron chi connectivity index (χ4n) is 1.63. The van der Waals surface area contributed by atoms with Gasteiger partial charge in [0.05, 0.1) is 6.04 Å². The molecule has 5 nitrogen and oxygen atoms in total. The standard InChI is InChI=1S/C10H16N2O3/c1-3-4-8-6-12(7(2)13)9(11-8)5-10(14)15/h3,7-8,13H,1,4-6H2,2H3,(H,14,15). The Bertz CT molecular complexity index is 286. The van der Waals surface area contributed by atoms with Crippen molar-refractivity contribution in [3.63, 3.8) is 0 Å². The van der Waals surface area contributed by atoms with Crippen LogP contribution in [0.25, 0.3) is 0 Å². The molecule has 0 aromatic heterocycles. The molecule has 2 N–H and O–H groups in total. The summed E-state index contributed by atoms with van der Waals surface area (Å²) < 4.78 is 0. The molecule has 1 aliphatic rings. The molecule has 0 aromatic rings. The molecular weight excluding hydrogens is 196 g/mol. The van der Waals surface area contributed by atoms with Crippen molar-refractivity contribution in [2.75, 3.05) is 6.54 Å². The second-order valence-electron chi connectivity index (χ2n) is 3.58. The Labute approximate surface area is 88.7 Å². The maximum Gasteiger partial charge on any atom is 0.310 e. The highest BCUT2D eigenvalue weighted by molar-refractivity contribution is 5.97. The van der Waals surface area contributed by atoms with E-state index in [0.29, 0.717) is 18.8 Å². The van der Waals surface area contributed by atoms with Crippen LogP contribution in [0.5, 0.6) is 0 Å². The summed E-state index contributed by atoms with van der Waals surface area (Å²) in [5, 5.41) is 18.1. The summed E-state index contributed by atoms with van der Waals surface area (Å²) in [6.07, 6.45) is 1.61. The van der Waals surface area contributed by atoms with E-state index < -0.39 is 12.2 Å². The first kappa shape index (κ1) is 11.7. The molecule has 1 rings (SSSR count). The van der Waals surface area contributed by atoms with Gasteiger partial charge in [0, 0.05) is 6.54 Å². The van der Waals surface area contributed by atoms with Crippen LogP contribution in [0.15, 0.2) is 17.6 Å². The highest BCUT2D eigenvalue weighted by atomic mass is 16.4. The van der Waals surface area contributed by atoms with Gasteiger partial charge in [-0.3, -0.25) is 9.79 Å². The number of carbonyl (C=O) groups is 1. The molecule has 2 unspecified atom stereocenters. The first-order chi connectivity index (χ1) is 7.04. The minimum absolute atomic E-state index is 0.0199. The van der Waals surface area contributed by atoms with Gasteiger partial charge in [-0.05, 0) is 13.3 Å². The number of nitrogens with zero attached hydrogens (tertiary/aromatic N) is 2. The van der Waals surface area contributed by atoms with E-state index in [1.165, 1.54) is 0 Å². The first-order valence-electron chi connectivity index (χ1n) is 4.88. The Morgan fingerprint density at radius 1 is 1.87 bits per heavy atom. The van der Waals surface area contributed by atoms with Gasteiger partial charge in [-0.1, -0.05) is 6.08 Å². The van der Waals surface area contributed by atoms with E-state index >= 15 is 0 Å². The summed E-state index contributed by atoms with van der Waals surface area (Å²) in [6.45, 7) is 5.78. The molecule has 2 atom stereocenters. The van der Waals surface area contributed by atoms with Crippen molar-refractivity contribution in [3.05, 3.63) is 12.7 Å². The first-order valence-corrected chi connectivity index (χ1v) is 4.88. The topological polar surface area (TPSA) is 73.1 Å². The third kappa shape index (κ3) is 3.06.